The van der Waals surface area contributed by atoms with Crippen LogP contribution in [0.4, 0.5) is 4.39 Å². The average Bonchev–Trinajstić information content (AvgIpc) is 3.09. The number of nitrogens with zero attached hydrogens (tertiary/aromatic N) is 3. The van der Waals surface area contributed by atoms with Gasteiger partial charge in [-0.1, -0.05) is 31.1 Å². The predicted molar refractivity (Wildman–Crippen MR) is 94.0 cm³/mol. The molecular formula is C18H24FN5O2. The summed E-state index contributed by atoms with van der Waals surface area (Å²) in [6.45, 7) is 6.43. The van der Waals surface area contributed by atoms with Gasteiger partial charge in [-0.15, -0.1) is 0 Å². The number of likely N-dealkylation sites (N-methyl/N-ethyl adjacent to an activating group) is 1. The van der Waals surface area contributed by atoms with Gasteiger partial charge >= 0.3 is 0 Å². The lowest BCUT2D eigenvalue weighted by Crippen LogP contribution is -2.44. The number of hydrogen-bond acceptors (Lipinski definition) is 6. The van der Waals surface area contributed by atoms with Gasteiger partial charge in [0.05, 0.1) is 11.6 Å². The van der Waals surface area contributed by atoms with Crippen LogP contribution in [-0.2, 0) is 0 Å². The van der Waals surface area contributed by atoms with Crippen molar-refractivity contribution in [3.05, 3.63) is 47.4 Å². The first-order valence-electron chi connectivity index (χ1n) is 8.77. The van der Waals surface area contributed by atoms with Crippen LogP contribution in [0.15, 0.2) is 28.8 Å². The van der Waals surface area contributed by atoms with Crippen molar-refractivity contribution < 1.29 is 13.7 Å². The number of benzene rings is 1. The van der Waals surface area contributed by atoms with Crippen molar-refractivity contribution >= 4 is 5.91 Å². The molecule has 3 rings (SSSR count). The summed E-state index contributed by atoms with van der Waals surface area (Å²) in [5.41, 5.74) is -0.00546. The van der Waals surface area contributed by atoms with E-state index in [1.54, 1.807) is 12.1 Å². The molecule has 26 heavy (non-hydrogen) atoms. The summed E-state index contributed by atoms with van der Waals surface area (Å²) in [7, 11) is 2.02. The SMILES string of the molecule is CC(C)C(NC(=O)c1ccccc1F)c1nc(C2CNCCN2C)no1. The first-order chi connectivity index (χ1) is 12.5. The smallest absolute Gasteiger partial charge is 0.254 e. The monoisotopic (exact) mass is 361 g/mol. The number of hydrogen-bond donors (Lipinski definition) is 2. The molecule has 1 aromatic carbocycles. The second-order valence-corrected chi connectivity index (χ2v) is 6.87. The Hall–Kier alpha value is -2.32. The number of carbonyl (C=O) groups is 1. The van der Waals surface area contributed by atoms with Crippen LogP contribution in [0.5, 0.6) is 0 Å². The highest BCUT2D eigenvalue weighted by atomic mass is 19.1. The van der Waals surface area contributed by atoms with Crippen molar-refractivity contribution in [3.8, 4) is 0 Å². The quantitative estimate of drug-likeness (QED) is 0.847. The van der Waals surface area contributed by atoms with Gasteiger partial charge < -0.3 is 15.2 Å². The number of amides is 1. The van der Waals surface area contributed by atoms with Crippen molar-refractivity contribution in [2.45, 2.75) is 25.9 Å². The number of nitrogens with one attached hydrogen (secondary N) is 2. The van der Waals surface area contributed by atoms with Crippen molar-refractivity contribution in [2.75, 3.05) is 26.7 Å². The summed E-state index contributed by atoms with van der Waals surface area (Å²) in [6.07, 6.45) is 0. The van der Waals surface area contributed by atoms with Crippen LogP contribution in [0.25, 0.3) is 0 Å². The molecule has 1 saturated heterocycles. The zero-order valence-electron chi connectivity index (χ0n) is 15.2. The molecule has 7 nitrogen and oxygen atoms in total. The fourth-order valence-corrected chi connectivity index (χ4v) is 2.98. The molecule has 8 heteroatoms. The normalized spacial score (nSPS) is 19.5. The molecule has 0 bridgehead atoms. The van der Waals surface area contributed by atoms with E-state index < -0.39 is 17.8 Å². The van der Waals surface area contributed by atoms with E-state index in [0.29, 0.717) is 11.7 Å². The molecule has 140 valence electrons. The first kappa shape index (κ1) is 18.5. The van der Waals surface area contributed by atoms with Gasteiger partial charge in [-0.25, -0.2) is 4.39 Å². The molecule has 0 saturated carbocycles. The highest BCUT2D eigenvalue weighted by Crippen LogP contribution is 2.24. The molecule has 2 aromatic rings. The molecule has 1 amide bonds. The Bertz CT molecular complexity index is 764. The van der Waals surface area contributed by atoms with E-state index in [1.807, 2.05) is 20.9 Å². The van der Waals surface area contributed by atoms with Crippen molar-refractivity contribution in [2.24, 2.45) is 5.92 Å². The van der Waals surface area contributed by atoms with E-state index in [9.17, 15) is 9.18 Å². The maximum Gasteiger partial charge on any atom is 0.254 e. The third-order valence-electron chi connectivity index (χ3n) is 4.60. The summed E-state index contributed by atoms with van der Waals surface area (Å²) in [6, 6.07) is 5.41. The summed E-state index contributed by atoms with van der Waals surface area (Å²) in [5, 5.41) is 10.2. The van der Waals surface area contributed by atoms with E-state index in [4.69, 9.17) is 4.52 Å². The van der Waals surface area contributed by atoms with Crippen molar-refractivity contribution in [3.63, 3.8) is 0 Å². The molecular weight excluding hydrogens is 337 g/mol. The molecule has 1 aliphatic heterocycles. The summed E-state index contributed by atoms with van der Waals surface area (Å²) in [4.78, 5) is 19.1. The molecule has 1 aromatic heterocycles. The first-order valence-corrected chi connectivity index (χ1v) is 8.77. The third-order valence-corrected chi connectivity index (χ3v) is 4.60. The van der Waals surface area contributed by atoms with Crippen LogP contribution in [0.3, 0.4) is 0 Å². The predicted octanol–water partition coefficient (Wildman–Crippen LogP) is 1.91. The van der Waals surface area contributed by atoms with Crippen LogP contribution in [0.1, 0.15) is 48.0 Å². The fraction of sp³-hybridized carbons (Fsp3) is 0.500. The van der Waals surface area contributed by atoms with Gasteiger partial charge in [0.25, 0.3) is 5.91 Å². The van der Waals surface area contributed by atoms with E-state index in [-0.39, 0.29) is 17.5 Å². The number of rotatable bonds is 5. The van der Waals surface area contributed by atoms with Crippen LogP contribution in [-0.4, -0.2) is 47.6 Å². The van der Waals surface area contributed by atoms with Crippen LogP contribution in [0.2, 0.25) is 0 Å². The molecule has 2 N–H and O–H groups in total. The maximum atomic E-state index is 13.9. The molecule has 2 heterocycles. The molecule has 1 aliphatic rings. The molecule has 0 radical (unpaired) electrons. The average molecular weight is 361 g/mol. The van der Waals surface area contributed by atoms with Gasteiger partial charge in [-0.05, 0) is 25.1 Å². The Labute approximate surface area is 152 Å². The minimum Gasteiger partial charge on any atom is -0.340 e. The standard InChI is InChI=1S/C18H24FN5O2/c1-11(2)15(21-17(25)12-6-4-5-7-13(12)19)18-22-16(23-26-18)14-10-20-8-9-24(14)3/h4-7,11,14-15,20H,8-10H2,1-3H3,(H,21,25). The van der Waals surface area contributed by atoms with E-state index in [0.717, 1.165) is 19.6 Å². The van der Waals surface area contributed by atoms with Crippen molar-refractivity contribution in [1.29, 1.82) is 0 Å². The van der Waals surface area contributed by atoms with Gasteiger partial charge in [0.2, 0.25) is 5.89 Å². The number of aromatic nitrogens is 2. The Kier molecular flexibility index (Phi) is 5.63. The van der Waals surface area contributed by atoms with Gasteiger partial charge in [0, 0.05) is 19.6 Å². The Morgan fingerprint density at radius 2 is 2.19 bits per heavy atom. The van der Waals surface area contributed by atoms with E-state index >= 15 is 0 Å². The second-order valence-electron chi connectivity index (χ2n) is 6.87. The zero-order chi connectivity index (χ0) is 18.7. The third kappa shape index (κ3) is 3.91. The molecule has 2 atom stereocenters. The molecule has 2 unspecified atom stereocenters. The van der Waals surface area contributed by atoms with Crippen LogP contribution >= 0.6 is 0 Å². The summed E-state index contributed by atoms with van der Waals surface area (Å²) >= 11 is 0. The van der Waals surface area contributed by atoms with Gasteiger partial charge in [0.1, 0.15) is 11.9 Å². The lowest BCUT2D eigenvalue weighted by molar-refractivity contribution is 0.0909. The number of halogens is 1. The zero-order valence-corrected chi connectivity index (χ0v) is 15.2. The molecule has 0 aliphatic carbocycles. The second kappa shape index (κ2) is 7.92. The highest BCUT2D eigenvalue weighted by molar-refractivity contribution is 5.94. The number of carbonyl (C=O) groups excluding carboxylic acids is 1. The highest BCUT2D eigenvalue weighted by Gasteiger charge is 2.30. The van der Waals surface area contributed by atoms with Crippen molar-refractivity contribution in [1.82, 2.24) is 25.7 Å². The fourth-order valence-electron chi connectivity index (χ4n) is 2.98. The van der Waals surface area contributed by atoms with Gasteiger partial charge in [-0.3, -0.25) is 9.69 Å². The Balaban J connectivity index is 1.78. The topological polar surface area (TPSA) is 83.3 Å². The summed E-state index contributed by atoms with van der Waals surface area (Å²) < 4.78 is 19.3. The van der Waals surface area contributed by atoms with Crippen LogP contribution in [0, 0.1) is 11.7 Å². The Morgan fingerprint density at radius 1 is 1.42 bits per heavy atom. The van der Waals surface area contributed by atoms with Crippen LogP contribution < -0.4 is 10.6 Å². The molecule has 0 spiro atoms. The Morgan fingerprint density at radius 3 is 2.88 bits per heavy atom. The van der Waals surface area contributed by atoms with E-state index in [2.05, 4.69) is 25.7 Å². The lowest BCUT2D eigenvalue weighted by atomic mass is 10.0. The van der Waals surface area contributed by atoms with E-state index in [1.165, 1.54) is 12.1 Å². The molecule has 1 fully saturated rings. The largest absolute Gasteiger partial charge is 0.340 e. The number of piperazine rings is 1. The lowest BCUT2D eigenvalue weighted by Gasteiger charge is -2.30. The maximum absolute atomic E-state index is 13.9. The minimum atomic E-state index is -0.561. The summed E-state index contributed by atoms with van der Waals surface area (Å²) in [5.74, 6) is -0.146. The van der Waals surface area contributed by atoms with Gasteiger partial charge in [0.15, 0.2) is 5.82 Å². The van der Waals surface area contributed by atoms with Gasteiger partial charge in [-0.2, -0.15) is 4.98 Å². The minimum absolute atomic E-state index is 0.00114.